The molecule has 4 aromatic rings. The van der Waals surface area contributed by atoms with Crippen molar-refractivity contribution in [1.29, 1.82) is 0 Å². The van der Waals surface area contributed by atoms with Gasteiger partial charge >= 0.3 is 0 Å². The summed E-state index contributed by atoms with van der Waals surface area (Å²) in [5.74, 6) is 4.70. The maximum atomic E-state index is 6.08. The lowest BCUT2D eigenvalue weighted by Crippen LogP contribution is -2.76. The Morgan fingerprint density at radius 1 is 0.543 bits per heavy atom. The maximum Gasteiger partial charge on any atom is 0.198 e. The van der Waals surface area contributed by atoms with E-state index in [1.165, 1.54) is 105 Å². The molecule has 0 bridgehead atoms. The number of hydrogen-bond acceptors (Lipinski definition) is 3. The summed E-state index contributed by atoms with van der Waals surface area (Å²) in [5.41, 5.74) is 4.45. The molecule has 1 aromatic heterocycles. The van der Waals surface area contributed by atoms with E-state index in [1.807, 2.05) is 0 Å². The Bertz CT molecular complexity index is 1780. The highest BCUT2D eigenvalue weighted by Gasteiger charge is 2.65. The average molecular weight is 607 g/mol. The number of aromatic nitrogens is 1. The normalized spacial score (nSPS) is 37.8. The van der Waals surface area contributed by atoms with Crippen LogP contribution in [0.25, 0.3) is 21.8 Å². The molecular weight excluding hydrogens is 559 g/mol. The van der Waals surface area contributed by atoms with Crippen molar-refractivity contribution in [3.8, 4) is 0 Å². The lowest BCUT2D eigenvalue weighted by Gasteiger charge is -2.67. The van der Waals surface area contributed by atoms with Crippen molar-refractivity contribution in [2.24, 2.45) is 16.8 Å². The third-order valence-electron chi connectivity index (χ3n) is 14.5. The van der Waals surface area contributed by atoms with Gasteiger partial charge in [0.25, 0.3) is 0 Å². The molecule has 4 aliphatic carbocycles. The van der Waals surface area contributed by atoms with E-state index in [0.717, 1.165) is 30.2 Å². The number of fused-ring (bicyclic) bond motifs is 10. The van der Waals surface area contributed by atoms with E-state index >= 15 is 0 Å². The molecule has 0 spiro atoms. The second-order valence-electron chi connectivity index (χ2n) is 16.2. The molecule has 4 saturated carbocycles. The SMILES string of the molecule is c1ccc(B2C3CCCCC3N3C4=NC5C(CCCC5n5c6ccccc6c6ccccc65)N4C4CCCC5CCC2C3C54)cc1. The van der Waals surface area contributed by atoms with Gasteiger partial charge in [0.15, 0.2) is 12.7 Å². The molecule has 0 radical (unpaired) electrons. The second kappa shape index (κ2) is 10.1. The number of benzene rings is 3. The summed E-state index contributed by atoms with van der Waals surface area (Å²) in [6, 6.07) is 33.5. The number of nitrogens with zero attached hydrogens (tertiary/aromatic N) is 4. The zero-order valence-electron chi connectivity index (χ0n) is 27.1. The minimum atomic E-state index is 0.343. The van der Waals surface area contributed by atoms with Crippen LogP contribution in [-0.4, -0.2) is 57.2 Å². The van der Waals surface area contributed by atoms with Crippen LogP contribution >= 0.6 is 0 Å². The largest absolute Gasteiger partial charge is 0.337 e. The first-order valence-electron chi connectivity index (χ1n) is 19.0. The standard InChI is InChI=1S/C41H47BN4/c1-2-13-27(14-3-1)42-30-17-6-9-20-34(30)46-40-31(42)25-24-26-12-10-21-35(38(26)40)45-37-23-11-22-36(39(37)43-41(45)46)44-32-18-7-4-15-28(32)29-16-5-8-19-33(29)44/h1-5,7-8,13-16,18-19,26,30-31,34-40H,6,9-12,17,20-25H2. The second-order valence-corrected chi connectivity index (χ2v) is 16.2. The lowest BCUT2D eigenvalue weighted by atomic mass is 9.23. The molecule has 11 rings (SSSR count). The predicted molar refractivity (Wildman–Crippen MR) is 190 cm³/mol. The molecular formula is C41H47BN4. The molecule has 6 fully saturated rings. The molecule has 2 saturated heterocycles. The van der Waals surface area contributed by atoms with Crippen LogP contribution in [0.3, 0.4) is 0 Å². The van der Waals surface area contributed by atoms with Gasteiger partial charge in [0, 0.05) is 45.8 Å². The Morgan fingerprint density at radius 2 is 1.22 bits per heavy atom. The maximum absolute atomic E-state index is 6.08. The van der Waals surface area contributed by atoms with E-state index in [4.69, 9.17) is 4.99 Å². The third-order valence-corrected chi connectivity index (χ3v) is 14.5. The third kappa shape index (κ3) is 3.56. The number of guanidine groups is 1. The minimum absolute atomic E-state index is 0.343. The first kappa shape index (κ1) is 26.8. The molecule has 5 heteroatoms. The van der Waals surface area contributed by atoms with Crippen LogP contribution in [-0.2, 0) is 0 Å². The zero-order valence-corrected chi connectivity index (χ0v) is 27.1. The number of para-hydroxylation sites is 2. The van der Waals surface area contributed by atoms with Crippen LogP contribution in [0, 0.1) is 11.8 Å². The number of aliphatic imine (C=N–C) groups is 1. The Kier molecular flexibility index (Phi) is 5.92. The smallest absolute Gasteiger partial charge is 0.198 e. The van der Waals surface area contributed by atoms with Gasteiger partial charge in [-0.3, -0.25) is 0 Å². The topological polar surface area (TPSA) is 23.8 Å². The van der Waals surface area contributed by atoms with Crippen molar-refractivity contribution >= 4 is 39.9 Å². The first-order valence-corrected chi connectivity index (χ1v) is 19.0. The predicted octanol–water partition coefficient (Wildman–Crippen LogP) is 8.29. The number of rotatable bonds is 2. The summed E-state index contributed by atoms with van der Waals surface area (Å²) in [6.45, 7) is 0.720. The van der Waals surface area contributed by atoms with Crippen LogP contribution < -0.4 is 5.46 Å². The van der Waals surface area contributed by atoms with Gasteiger partial charge in [-0.05, 0) is 68.2 Å². The Labute approximate surface area is 274 Å². The summed E-state index contributed by atoms with van der Waals surface area (Å²) < 4.78 is 2.74. The van der Waals surface area contributed by atoms with E-state index in [-0.39, 0.29) is 0 Å². The molecule has 7 aliphatic rings. The molecule has 234 valence electrons. The first-order chi connectivity index (χ1) is 22.9. The summed E-state index contributed by atoms with van der Waals surface area (Å²) in [4.78, 5) is 12.2. The molecule has 10 atom stereocenters. The molecule has 3 aliphatic heterocycles. The Balaban J connectivity index is 1.08. The van der Waals surface area contributed by atoms with Crippen LogP contribution in [0.15, 0.2) is 83.9 Å². The van der Waals surface area contributed by atoms with E-state index < -0.39 is 0 Å². The number of hydrogen-bond donors (Lipinski definition) is 0. The van der Waals surface area contributed by atoms with Gasteiger partial charge in [-0.25, -0.2) is 4.99 Å². The van der Waals surface area contributed by atoms with Gasteiger partial charge < -0.3 is 14.4 Å². The van der Waals surface area contributed by atoms with Crippen LogP contribution in [0.5, 0.6) is 0 Å². The van der Waals surface area contributed by atoms with E-state index in [0.29, 0.717) is 36.3 Å². The van der Waals surface area contributed by atoms with Gasteiger partial charge in [0.1, 0.15) is 0 Å². The summed E-state index contributed by atoms with van der Waals surface area (Å²) in [6.07, 6.45) is 16.5. The van der Waals surface area contributed by atoms with Gasteiger partial charge in [-0.15, -0.1) is 0 Å². The fourth-order valence-electron chi connectivity index (χ4n) is 13.1. The average Bonchev–Trinajstić information content (AvgIpc) is 3.67. The van der Waals surface area contributed by atoms with Gasteiger partial charge in [-0.1, -0.05) is 111 Å². The molecule has 10 unspecified atom stereocenters. The van der Waals surface area contributed by atoms with Crippen molar-refractivity contribution < 1.29 is 0 Å². The van der Waals surface area contributed by atoms with Crippen molar-refractivity contribution in [1.82, 2.24) is 14.4 Å². The van der Waals surface area contributed by atoms with E-state index in [1.54, 1.807) is 5.46 Å². The van der Waals surface area contributed by atoms with Crippen molar-refractivity contribution in [3.63, 3.8) is 0 Å². The van der Waals surface area contributed by atoms with Gasteiger partial charge in [0.2, 0.25) is 0 Å². The summed E-state index contributed by atoms with van der Waals surface area (Å²) in [5, 5.41) is 2.81. The Hall–Kier alpha value is -3.21. The monoisotopic (exact) mass is 606 g/mol. The van der Waals surface area contributed by atoms with E-state index in [9.17, 15) is 0 Å². The molecule has 4 heterocycles. The zero-order chi connectivity index (χ0) is 29.9. The highest BCUT2D eigenvalue weighted by molar-refractivity contribution is 6.76. The van der Waals surface area contributed by atoms with Crippen LogP contribution in [0.2, 0.25) is 11.6 Å². The fraction of sp³-hybridized carbons (Fsp3) is 0.537. The highest BCUT2D eigenvalue weighted by atomic mass is 15.5. The molecule has 0 amide bonds. The quantitative estimate of drug-likeness (QED) is 0.215. The lowest BCUT2D eigenvalue weighted by molar-refractivity contribution is -0.0559. The summed E-state index contributed by atoms with van der Waals surface area (Å²) in [7, 11) is 0. The molecule has 0 N–H and O–H groups in total. The van der Waals surface area contributed by atoms with Crippen molar-refractivity contribution in [3.05, 3.63) is 78.9 Å². The summed E-state index contributed by atoms with van der Waals surface area (Å²) >= 11 is 0. The molecule has 46 heavy (non-hydrogen) atoms. The Morgan fingerprint density at radius 3 is 2.04 bits per heavy atom. The van der Waals surface area contributed by atoms with Crippen molar-refractivity contribution in [2.75, 3.05) is 0 Å². The van der Waals surface area contributed by atoms with Crippen molar-refractivity contribution in [2.45, 2.75) is 125 Å². The minimum Gasteiger partial charge on any atom is -0.337 e. The fourth-order valence-corrected chi connectivity index (χ4v) is 13.1. The van der Waals surface area contributed by atoms with Crippen LogP contribution in [0.4, 0.5) is 0 Å². The van der Waals surface area contributed by atoms with Gasteiger partial charge in [-0.2, -0.15) is 0 Å². The van der Waals surface area contributed by atoms with E-state index in [2.05, 4.69) is 93.2 Å². The van der Waals surface area contributed by atoms with Crippen LogP contribution in [0.1, 0.15) is 83.1 Å². The highest BCUT2D eigenvalue weighted by Crippen LogP contribution is 2.60. The van der Waals surface area contributed by atoms with Gasteiger partial charge in [0.05, 0.1) is 18.1 Å². The molecule has 3 aromatic carbocycles. The molecule has 4 nitrogen and oxygen atoms in total.